The molecular weight excluding hydrogens is 282 g/mol. The van der Waals surface area contributed by atoms with Crippen LogP contribution in [-0.2, 0) is 0 Å². The van der Waals surface area contributed by atoms with Crippen molar-refractivity contribution in [3.05, 3.63) is 39.8 Å². The highest BCUT2D eigenvalue weighted by Gasteiger charge is 2.10. The van der Waals surface area contributed by atoms with Gasteiger partial charge in [-0.1, -0.05) is 48.0 Å². The molecule has 0 radical (unpaired) electrons. The molecule has 0 amide bonds. The molecule has 1 aromatic carbocycles. The SMILES string of the molecule is CCC(C)c1csc(-c2ccccc2Br)n1. The Labute approximate surface area is 109 Å². The van der Waals surface area contributed by atoms with Gasteiger partial charge in [0.05, 0.1) is 5.69 Å². The fourth-order valence-corrected chi connectivity index (χ4v) is 3.06. The van der Waals surface area contributed by atoms with Crippen molar-refractivity contribution >= 4 is 27.3 Å². The lowest BCUT2D eigenvalue weighted by Crippen LogP contribution is -1.91. The summed E-state index contributed by atoms with van der Waals surface area (Å²) >= 11 is 5.28. The minimum absolute atomic E-state index is 0.549. The highest BCUT2D eigenvalue weighted by atomic mass is 79.9. The number of thiazole rings is 1. The second-order valence-electron chi connectivity index (χ2n) is 3.87. The van der Waals surface area contributed by atoms with E-state index in [0.29, 0.717) is 5.92 Å². The lowest BCUT2D eigenvalue weighted by atomic mass is 10.1. The summed E-state index contributed by atoms with van der Waals surface area (Å²) in [6.07, 6.45) is 1.14. The van der Waals surface area contributed by atoms with Crippen LogP contribution in [0.3, 0.4) is 0 Å². The molecule has 0 aliphatic heterocycles. The maximum atomic E-state index is 4.70. The summed E-state index contributed by atoms with van der Waals surface area (Å²) in [5, 5.41) is 3.27. The number of rotatable bonds is 3. The van der Waals surface area contributed by atoms with Crippen LogP contribution < -0.4 is 0 Å². The van der Waals surface area contributed by atoms with E-state index in [2.05, 4.69) is 47.3 Å². The molecule has 2 aromatic rings. The number of hydrogen-bond acceptors (Lipinski definition) is 2. The number of benzene rings is 1. The third-order valence-electron chi connectivity index (χ3n) is 2.74. The van der Waals surface area contributed by atoms with Crippen molar-refractivity contribution in [1.82, 2.24) is 4.98 Å². The summed E-state index contributed by atoms with van der Waals surface area (Å²) in [5.74, 6) is 0.549. The van der Waals surface area contributed by atoms with E-state index in [1.54, 1.807) is 11.3 Å². The van der Waals surface area contributed by atoms with Crippen molar-refractivity contribution < 1.29 is 0 Å². The standard InChI is InChI=1S/C13H14BrNS/c1-3-9(2)12-8-16-13(15-12)10-6-4-5-7-11(10)14/h4-9H,3H2,1-2H3. The zero-order valence-corrected chi connectivity index (χ0v) is 11.8. The van der Waals surface area contributed by atoms with E-state index in [-0.39, 0.29) is 0 Å². The number of hydrogen-bond donors (Lipinski definition) is 0. The Morgan fingerprint density at radius 2 is 2.12 bits per heavy atom. The number of nitrogens with zero attached hydrogens (tertiary/aromatic N) is 1. The van der Waals surface area contributed by atoms with E-state index in [1.165, 1.54) is 11.3 Å². The van der Waals surface area contributed by atoms with Crippen molar-refractivity contribution in [3.8, 4) is 10.6 Å². The summed E-state index contributed by atoms with van der Waals surface area (Å²) in [7, 11) is 0. The van der Waals surface area contributed by atoms with Crippen LogP contribution in [0.5, 0.6) is 0 Å². The molecule has 1 aromatic heterocycles. The van der Waals surface area contributed by atoms with Crippen molar-refractivity contribution in [2.24, 2.45) is 0 Å². The van der Waals surface area contributed by atoms with Crippen LogP contribution in [0, 0.1) is 0 Å². The lowest BCUT2D eigenvalue weighted by molar-refractivity contribution is 0.714. The van der Waals surface area contributed by atoms with E-state index in [0.717, 1.165) is 15.9 Å². The zero-order chi connectivity index (χ0) is 11.5. The van der Waals surface area contributed by atoms with Crippen LogP contribution >= 0.6 is 27.3 Å². The molecule has 0 fully saturated rings. The highest BCUT2D eigenvalue weighted by Crippen LogP contribution is 2.32. The Morgan fingerprint density at radius 1 is 1.38 bits per heavy atom. The molecule has 0 saturated heterocycles. The topological polar surface area (TPSA) is 12.9 Å². The monoisotopic (exact) mass is 295 g/mol. The summed E-state index contributed by atoms with van der Waals surface area (Å²) in [6, 6.07) is 8.23. The van der Waals surface area contributed by atoms with Crippen LogP contribution in [0.15, 0.2) is 34.1 Å². The molecule has 84 valence electrons. The van der Waals surface area contributed by atoms with Crippen LogP contribution in [0.2, 0.25) is 0 Å². The largest absolute Gasteiger partial charge is 0.241 e. The van der Waals surface area contributed by atoms with E-state index in [9.17, 15) is 0 Å². The smallest absolute Gasteiger partial charge is 0.124 e. The molecule has 1 nitrogen and oxygen atoms in total. The Balaban J connectivity index is 2.35. The van der Waals surface area contributed by atoms with Gasteiger partial charge in [-0.15, -0.1) is 11.3 Å². The molecule has 0 aliphatic carbocycles. The first kappa shape index (κ1) is 11.8. The minimum Gasteiger partial charge on any atom is -0.241 e. The molecule has 1 atom stereocenters. The predicted octanol–water partition coefficient (Wildman–Crippen LogP) is 5.09. The molecule has 0 saturated carbocycles. The van der Waals surface area contributed by atoms with Gasteiger partial charge in [0.25, 0.3) is 0 Å². The molecule has 16 heavy (non-hydrogen) atoms. The second kappa shape index (κ2) is 5.11. The van der Waals surface area contributed by atoms with Crippen molar-refractivity contribution in [2.75, 3.05) is 0 Å². The molecule has 0 N–H and O–H groups in total. The summed E-state index contributed by atoms with van der Waals surface area (Å²) in [5.41, 5.74) is 2.39. The van der Waals surface area contributed by atoms with Gasteiger partial charge in [0, 0.05) is 15.4 Å². The van der Waals surface area contributed by atoms with Crippen LogP contribution in [0.4, 0.5) is 0 Å². The molecule has 0 aliphatic rings. The van der Waals surface area contributed by atoms with Gasteiger partial charge in [0.2, 0.25) is 0 Å². The molecular formula is C13H14BrNS. The van der Waals surface area contributed by atoms with E-state index >= 15 is 0 Å². The summed E-state index contributed by atoms with van der Waals surface area (Å²) in [6.45, 7) is 4.42. The number of halogens is 1. The average molecular weight is 296 g/mol. The van der Waals surface area contributed by atoms with Gasteiger partial charge in [-0.25, -0.2) is 4.98 Å². The Bertz CT molecular complexity index is 478. The Kier molecular flexibility index (Phi) is 3.77. The van der Waals surface area contributed by atoms with Crippen molar-refractivity contribution in [3.63, 3.8) is 0 Å². The molecule has 0 bridgehead atoms. The third-order valence-corrected chi connectivity index (χ3v) is 4.33. The zero-order valence-electron chi connectivity index (χ0n) is 9.40. The quantitative estimate of drug-likeness (QED) is 0.769. The van der Waals surface area contributed by atoms with E-state index in [1.807, 2.05) is 12.1 Å². The summed E-state index contributed by atoms with van der Waals surface area (Å²) in [4.78, 5) is 4.70. The highest BCUT2D eigenvalue weighted by molar-refractivity contribution is 9.10. The first-order valence-corrected chi connectivity index (χ1v) is 7.10. The molecule has 3 heteroatoms. The Hall–Kier alpha value is -0.670. The fourth-order valence-electron chi connectivity index (χ4n) is 1.48. The van der Waals surface area contributed by atoms with Gasteiger partial charge in [0.1, 0.15) is 5.01 Å². The minimum atomic E-state index is 0.549. The maximum Gasteiger partial charge on any atom is 0.124 e. The molecule has 1 unspecified atom stereocenters. The van der Waals surface area contributed by atoms with Crippen LogP contribution in [0.25, 0.3) is 10.6 Å². The van der Waals surface area contributed by atoms with E-state index < -0.39 is 0 Å². The van der Waals surface area contributed by atoms with Gasteiger partial charge < -0.3 is 0 Å². The van der Waals surface area contributed by atoms with E-state index in [4.69, 9.17) is 4.98 Å². The first-order chi connectivity index (χ1) is 7.72. The van der Waals surface area contributed by atoms with Gasteiger partial charge in [0.15, 0.2) is 0 Å². The normalized spacial score (nSPS) is 12.7. The first-order valence-electron chi connectivity index (χ1n) is 5.42. The van der Waals surface area contributed by atoms with Gasteiger partial charge >= 0.3 is 0 Å². The predicted molar refractivity (Wildman–Crippen MR) is 74.0 cm³/mol. The van der Waals surface area contributed by atoms with Gasteiger partial charge in [-0.3, -0.25) is 0 Å². The maximum absolute atomic E-state index is 4.70. The molecule has 2 rings (SSSR count). The van der Waals surface area contributed by atoms with Crippen molar-refractivity contribution in [2.45, 2.75) is 26.2 Å². The van der Waals surface area contributed by atoms with Gasteiger partial charge in [-0.2, -0.15) is 0 Å². The van der Waals surface area contributed by atoms with Gasteiger partial charge in [-0.05, 0) is 18.4 Å². The second-order valence-corrected chi connectivity index (χ2v) is 5.58. The third kappa shape index (κ3) is 2.36. The molecule has 0 spiro atoms. The fraction of sp³-hybridized carbons (Fsp3) is 0.308. The lowest BCUT2D eigenvalue weighted by Gasteiger charge is -2.03. The number of aromatic nitrogens is 1. The van der Waals surface area contributed by atoms with Crippen LogP contribution in [-0.4, -0.2) is 4.98 Å². The summed E-state index contributed by atoms with van der Waals surface area (Å²) < 4.78 is 1.11. The van der Waals surface area contributed by atoms with Crippen molar-refractivity contribution in [1.29, 1.82) is 0 Å². The Morgan fingerprint density at radius 3 is 2.81 bits per heavy atom. The van der Waals surface area contributed by atoms with Crippen LogP contribution in [0.1, 0.15) is 31.9 Å². The average Bonchev–Trinajstić information content (AvgIpc) is 2.78. The molecule has 1 heterocycles.